The second kappa shape index (κ2) is 6.99. The van der Waals surface area contributed by atoms with Gasteiger partial charge in [-0.15, -0.1) is 0 Å². The number of methoxy groups -OCH3 is 1. The van der Waals surface area contributed by atoms with Gasteiger partial charge in [-0.3, -0.25) is 4.90 Å². The molecule has 6 heteroatoms. The summed E-state index contributed by atoms with van der Waals surface area (Å²) in [5.41, 5.74) is 0.755. The predicted molar refractivity (Wildman–Crippen MR) is 68.1 cm³/mol. The van der Waals surface area contributed by atoms with Crippen molar-refractivity contribution in [3.05, 3.63) is 29.8 Å². The molecule has 102 valence electrons. The molecule has 0 radical (unpaired) electrons. The Morgan fingerprint density at radius 3 is 2.50 bits per heavy atom. The van der Waals surface area contributed by atoms with E-state index in [9.17, 15) is 13.2 Å². The molecule has 0 aliphatic carbocycles. The second-order valence-electron chi connectivity index (χ2n) is 3.83. The monoisotopic (exact) mass is 325 g/mol. The van der Waals surface area contributed by atoms with Gasteiger partial charge < -0.3 is 4.74 Å². The van der Waals surface area contributed by atoms with Crippen molar-refractivity contribution in [1.82, 2.24) is 4.90 Å². The van der Waals surface area contributed by atoms with E-state index in [0.717, 1.165) is 5.56 Å². The lowest BCUT2D eigenvalue weighted by molar-refractivity contribution is -0.146. The first-order valence-electron chi connectivity index (χ1n) is 5.43. The fourth-order valence-electron chi connectivity index (χ4n) is 1.66. The summed E-state index contributed by atoms with van der Waals surface area (Å²) in [5, 5.41) is 0.498. The highest BCUT2D eigenvalue weighted by Crippen LogP contribution is 2.22. The molecular weight excluding hydrogens is 311 g/mol. The van der Waals surface area contributed by atoms with E-state index in [1.54, 1.807) is 24.3 Å². The molecule has 0 heterocycles. The van der Waals surface area contributed by atoms with E-state index in [-0.39, 0.29) is 6.54 Å². The molecule has 0 aliphatic rings. The summed E-state index contributed by atoms with van der Waals surface area (Å²) < 4.78 is 42.4. The molecule has 18 heavy (non-hydrogen) atoms. The van der Waals surface area contributed by atoms with Crippen LogP contribution < -0.4 is 4.74 Å². The number of hydrogen-bond donors (Lipinski definition) is 0. The van der Waals surface area contributed by atoms with Gasteiger partial charge in [0.05, 0.1) is 13.7 Å². The van der Waals surface area contributed by atoms with E-state index in [0.29, 0.717) is 17.6 Å². The minimum atomic E-state index is -4.19. The minimum absolute atomic E-state index is 0.217. The maximum atomic E-state index is 12.4. The van der Waals surface area contributed by atoms with Crippen LogP contribution in [0.5, 0.6) is 5.75 Å². The van der Waals surface area contributed by atoms with Gasteiger partial charge in [0.2, 0.25) is 0 Å². The van der Waals surface area contributed by atoms with Crippen molar-refractivity contribution in [2.45, 2.75) is 12.7 Å². The first-order valence-corrected chi connectivity index (χ1v) is 6.55. The minimum Gasteiger partial charge on any atom is -0.496 e. The van der Waals surface area contributed by atoms with E-state index < -0.39 is 12.7 Å². The Morgan fingerprint density at radius 1 is 1.28 bits per heavy atom. The lowest BCUT2D eigenvalue weighted by Gasteiger charge is -2.23. The highest BCUT2D eigenvalue weighted by atomic mass is 79.9. The van der Waals surface area contributed by atoms with Gasteiger partial charge in [0.25, 0.3) is 0 Å². The fraction of sp³-hybridized carbons (Fsp3) is 0.500. The van der Waals surface area contributed by atoms with Gasteiger partial charge in [-0.25, -0.2) is 0 Å². The average molecular weight is 326 g/mol. The smallest absolute Gasteiger partial charge is 0.401 e. The quantitative estimate of drug-likeness (QED) is 0.743. The number of halogens is 4. The van der Waals surface area contributed by atoms with Crippen molar-refractivity contribution in [3.8, 4) is 5.75 Å². The molecule has 0 amide bonds. The van der Waals surface area contributed by atoms with Crippen molar-refractivity contribution in [3.63, 3.8) is 0 Å². The molecule has 0 fully saturated rings. The number of ether oxygens (including phenoxy) is 1. The number of benzene rings is 1. The van der Waals surface area contributed by atoms with Crippen molar-refractivity contribution < 1.29 is 17.9 Å². The molecule has 1 rings (SSSR count). The van der Waals surface area contributed by atoms with Crippen molar-refractivity contribution in [1.29, 1.82) is 0 Å². The van der Waals surface area contributed by atoms with E-state index >= 15 is 0 Å². The summed E-state index contributed by atoms with van der Waals surface area (Å²) in [6.45, 7) is -0.372. The molecule has 0 atom stereocenters. The van der Waals surface area contributed by atoms with E-state index in [1.165, 1.54) is 12.0 Å². The molecule has 0 saturated carbocycles. The Bertz CT molecular complexity index is 371. The SMILES string of the molecule is COc1ccccc1CN(CCBr)CC(F)(F)F. The largest absolute Gasteiger partial charge is 0.496 e. The maximum Gasteiger partial charge on any atom is 0.401 e. The summed E-state index contributed by atoms with van der Waals surface area (Å²) in [6.07, 6.45) is -4.19. The summed E-state index contributed by atoms with van der Waals surface area (Å²) in [6, 6.07) is 7.10. The Morgan fingerprint density at radius 2 is 1.94 bits per heavy atom. The highest BCUT2D eigenvalue weighted by Gasteiger charge is 2.30. The van der Waals surface area contributed by atoms with Crippen LogP contribution in [0.3, 0.4) is 0 Å². The summed E-state index contributed by atoms with van der Waals surface area (Å²) >= 11 is 3.17. The molecule has 0 spiro atoms. The topological polar surface area (TPSA) is 12.5 Å². The first-order chi connectivity index (χ1) is 8.46. The van der Waals surface area contributed by atoms with Gasteiger partial charge in [0, 0.05) is 24.0 Å². The van der Waals surface area contributed by atoms with Crippen LogP contribution >= 0.6 is 15.9 Å². The Kier molecular flexibility index (Phi) is 5.95. The zero-order valence-corrected chi connectivity index (χ0v) is 11.6. The normalized spacial score (nSPS) is 11.9. The molecule has 2 nitrogen and oxygen atoms in total. The number of nitrogens with zero attached hydrogens (tertiary/aromatic N) is 1. The fourth-order valence-corrected chi connectivity index (χ4v) is 2.16. The van der Waals surface area contributed by atoms with Crippen molar-refractivity contribution >= 4 is 15.9 Å². The Hall–Kier alpha value is -0.750. The Labute approximate surface area is 113 Å². The van der Waals surface area contributed by atoms with Gasteiger partial charge in [-0.1, -0.05) is 34.1 Å². The first kappa shape index (κ1) is 15.3. The number of para-hydroxylation sites is 1. The Balaban J connectivity index is 2.76. The summed E-state index contributed by atoms with van der Waals surface area (Å²) in [5.74, 6) is 0.610. The number of hydrogen-bond acceptors (Lipinski definition) is 2. The zero-order valence-electron chi connectivity index (χ0n) is 10.0. The van der Waals surface area contributed by atoms with Crippen molar-refractivity contribution in [2.75, 3.05) is 25.5 Å². The maximum absolute atomic E-state index is 12.4. The van der Waals surface area contributed by atoms with Crippen molar-refractivity contribution in [2.24, 2.45) is 0 Å². The zero-order chi connectivity index (χ0) is 13.6. The van der Waals surface area contributed by atoms with Crippen LogP contribution in [0.2, 0.25) is 0 Å². The van der Waals surface area contributed by atoms with Crippen LogP contribution in [0.25, 0.3) is 0 Å². The van der Waals surface area contributed by atoms with E-state index in [1.807, 2.05) is 0 Å². The lowest BCUT2D eigenvalue weighted by atomic mass is 10.2. The van der Waals surface area contributed by atoms with Crippen LogP contribution in [0.1, 0.15) is 5.56 Å². The van der Waals surface area contributed by atoms with Gasteiger partial charge in [-0.05, 0) is 6.07 Å². The lowest BCUT2D eigenvalue weighted by Crippen LogP contribution is -2.35. The van der Waals surface area contributed by atoms with Crippen LogP contribution in [0.4, 0.5) is 13.2 Å². The average Bonchev–Trinajstić information content (AvgIpc) is 2.28. The molecule has 0 aliphatic heterocycles. The molecule has 0 unspecified atom stereocenters. The van der Waals surface area contributed by atoms with Crippen LogP contribution in [-0.2, 0) is 6.54 Å². The number of alkyl halides is 4. The molecule has 1 aromatic rings. The molecule has 0 N–H and O–H groups in total. The number of rotatable bonds is 6. The predicted octanol–water partition coefficient (Wildman–Crippen LogP) is 3.45. The molecular formula is C12H15BrF3NO. The van der Waals surface area contributed by atoms with Gasteiger partial charge >= 0.3 is 6.18 Å². The van der Waals surface area contributed by atoms with Crippen LogP contribution in [-0.4, -0.2) is 36.6 Å². The van der Waals surface area contributed by atoms with Crippen LogP contribution in [0.15, 0.2) is 24.3 Å². The molecule has 1 aromatic carbocycles. The third-order valence-electron chi connectivity index (χ3n) is 2.39. The summed E-state index contributed by atoms with van der Waals surface area (Å²) in [7, 11) is 1.51. The molecule has 0 bridgehead atoms. The summed E-state index contributed by atoms with van der Waals surface area (Å²) in [4.78, 5) is 1.34. The third-order valence-corrected chi connectivity index (χ3v) is 2.74. The van der Waals surface area contributed by atoms with Gasteiger partial charge in [0.15, 0.2) is 0 Å². The van der Waals surface area contributed by atoms with Gasteiger partial charge in [0.1, 0.15) is 5.75 Å². The molecule has 0 saturated heterocycles. The standard InChI is InChI=1S/C12H15BrF3NO/c1-18-11-5-3-2-4-10(11)8-17(7-6-13)9-12(14,15)16/h2-5H,6-9H2,1H3. The highest BCUT2D eigenvalue weighted by molar-refractivity contribution is 9.09. The van der Waals surface area contributed by atoms with Gasteiger partial charge in [-0.2, -0.15) is 13.2 Å². The molecule has 0 aromatic heterocycles. The second-order valence-corrected chi connectivity index (χ2v) is 4.62. The van der Waals surface area contributed by atoms with E-state index in [4.69, 9.17) is 4.74 Å². The van der Waals surface area contributed by atoms with E-state index in [2.05, 4.69) is 15.9 Å². The third kappa shape index (κ3) is 5.27. The van der Waals surface area contributed by atoms with Crippen LogP contribution in [0, 0.1) is 0 Å².